The van der Waals surface area contributed by atoms with Crippen LogP contribution in [0.5, 0.6) is 0 Å². The molecule has 8 heteroatoms. The molecule has 4 amide bonds. The molecule has 0 radical (unpaired) electrons. The molecular formula is C12H12BrN3O3S. The first-order valence-electron chi connectivity index (χ1n) is 6.18. The van der Waals surface area contributed by atoms with Gasteiger partial charge in [0.1, 0.15) is 10.4 Å². The second kappa shape index (κ2) is 4.85. The summed E-state index contributed by atoms with van der Waals surface area (Å²) in [4.78, 5) is 37.8. The molecule has 2 saturated heterocycles. The smallest absolute Gasteiger partial charge is 0.322 e. The van der Waals surface area contributed by atoms with Crippen LogP contribution in [0.1, 0.15) is 22.5 Å². The third-order valence-corrected chi connectivity index (χ3v) is 5.56. The molecule has 0 saturated carbocycles. The fourth-order valence-corrected chi connectivity index (χ4v) is 4.07. The van der Waals surface area contributed by atoms with Crippen LogP contribution in [0, 0.1) is 0 Å². The molecule has 1 spiro atoms. The molecule has 0 aliphatic carbocycles. The van der Waals surface area contributed by atoms with Crippen molar-refractivity contribution in [3.05, 3.63) is 20.8 Å². The number of urea groups is 1. The average Bonchev–Trinajstić information content (AvgIpc) is 2.95. The molecule has 3 rings (SSSR count). The molecule has 2 fully saturated rings. The molecule has 1 aromatic rings. The molecule has 2 N–H and O–H groups in total. The predicted molar refractivity (Wildman–Crippen MR) is 76.6 cm³/mol. The lowest BCUT2D eigenvalue weighted by Crippen LogP contribution is -2.55. The van der Waals surface area contributed by atoms with Gasteiger partial charge in [-0.05, 0) is 40.2 Å². The number of amides is 4. The molecular weight excluding hydrogens is 346 g/mol. The maximum Gasteiger partial charge on any atom is 0.322 e. The number of hydrogen-bond donors (Lipinski definition) is 2. The van der Waals surface area contributed by atoms with Crippen molar-refractivity contribution in [3.8, 4) is 0 Å². The Kier molecular flexibility index (Phi) is 3.29. The molecule has 106 valence electrons. The lowest BCUT2D eigenvalue weighted by atomic mass is 9.87. The van der Waals surface area contributed by atoms with Gasteiger partial charge in [-0.2, -0.15) is 0 Å². The van der Waals surface area contributed by atoms with Crippen LogP contribution in [0.4, 0.5) is 4.79 Å². The van der Waals surface area contributed by atoms with Gasteiger partial charge in [0, 0.05) is 17.6 Å². The number of nitrogens with one attached hydrogen (secondary N) is 2. The Bertz CT molecular complexity index is 593. The Balaban J connectivity index is 1.70. The summed E-state index contributed by atoms with van der Waals surface area (Å²) >= 11 is 4.74. The van der Waals surface area contributed by atoms with E-state index in [4.69, 9.17) is 0 Å². The first-order chi connectivity index (χ1) is 9.52. The van der Waals surface area contributed by atoms with Crippen LogP contribution < -0.4 is 10.6 Å². The number of carbonyl (C=O) groups excluding carboxylic acids is 3. The second-order valence-electron chi connectivity index (χ2n) is 4.88. The Labute approximate surface area is 127 Å². The lowest BCUT2D eigenvalue weighted by molar-refractivity contribution is -0.125. The van der Waals surface area contributed by atoms with Gasteiger partial charge in [-0.1, -0.05) is 0 Å². The summed E-state index contributed by atoms with van der Waals surface area (Å²) in [6, 6.07) is 1.39. The van der Waals surface area contributed by atoms with E-state index in [0.717, 1.165) is 4.47 Å². The molecule has 20 heavy (non-hydrogen) atoms. The molecule has 6 nitrogen and oxygen atoms in total. The van der Waals surface area contributed by atoms with Crippen molar-refractivity contribution < 1.29 is 14.4 Å². The second-order valence-corrected chi connectivity index (χ2v) is 6.65. The zero-order chi connectivity index (χ0) is 14.3. The molecule has 0 aromatic carbocycles. The standard InChI is InChI=1S/C12H12BrN3O3S/c13-7-1-6-20-8(7)9(17)16-4-2-12(3-5-16)10(18)14-11(19)15-12/h1,6H,2-5H2,(H2,14,15,18,19). The Morgan fingerprint density at radius 2 is 2.05 bits per heavy atom. The van der Waals surface area contributed by atoms with Crippen molar-refractivity contribution in [3.63, 3.8) is 0 Å². The van der Waals surface area contributed by atoms with Gasteiger partial charge in [-0.15, -0.1) is 11.3 Å². The SMILES string of the molecule is O=C1NC(=O)C2(CCN(C(=O)c3sccc3Br)CC2)N1. The van der Waals surface area contributed by atoms with Crippen molar-refractivity contribution in [2.24, 2.45) is 0 Å². The highest BCUT2D eigenvalue weighted by molar-refractivity contribution is 9.10. The highest BCUT2D eigenvalue weighted by Gasteiger charge is 2.48. The van der Waals surface area contributed by atoms with Crippen molar-refractivity contribution in [2.75, 3.05) is 13.1 Å². The minimum absolute atomic E-state index is 0.0357. The van der Waals surface area contributed by atoms with Crippen molar-refractivity contribution in [2.45, 2.75) is 18.4 Å². The van der Waals surface area contributed by atoms with E-state index < -0.39 is 11.6 Å². The minimum atomic E-state index is -0.833. The first kappa shape index (κ1) is 13.6. The van der Waals surface area contributed by atoms with Crippen LogP contribution in [0.2, 0.25) is 0 Å². The third-order valence-electron chi connectivity index (χ3n) is 3.73. The van der Waals surface area contributed by atoms with Gasteiger partial charge in [0.15, 0.2) is 0 Å². The number of carbonyl (C=O) groups is 3. The van der Waals surface area contributed by atoms with Crippen LogP contribution >= 0.6 is 27.3 Å². The average molecular weight is 358 g/mol. The van der Waals surface area contributed by atoms with E-state index >= 15 is 0 Å². The molecule has 2 aliphatic heterocycles. The Morgan fingerprint density at radius 1 is 1.35 bits per heavy atom. The fourth-order valence-electron chi connectivity index (χ4n) is 2.56. The highest BCUT2D eigenvalue weighted by atomic mass is 79.9. The van der Waals surface area contributed by atoms with Crippen LogP contribution in [0.3, 0.4) is 0 Å². The predicted octanol–water partition coefficient (Wildman–Crippen LogP) is 1.32. The number of halogens is 1. The number of rotatable bonds is 1. The minimum Gasteiger partial charge on any atom is -0.338 e. The van der Waals surface area contributed by atoms with E-state index in [1.165, 1.54) is 11.3 Å². The van der Waals surface area contributed by atoms with Gasteiger partial charge in [0.05, 0.1) is 0 Å². The monoisotopic (exact) mass is 357 g/mol. The normalized spacial score (nSPS) is 20.9. The van der Waals surface area contributed by atoms with Gasteiger partial charge in [-0.25, -0.2) is 4.79 Å². The summed E-state index contributed by atoms with van der Waals surface area (Å²) in [6.45, 7) is 0.910. The van der Waals surface area contributed by atoms with Crippen LogP contribution in [-0.4, -0.2) is 41.4 Å². The first-order valence-corrected chi connectivity index (χ1v) is 7.85. The zero-order valence-electron chi connectivity index (χ0n) is 10.4. The molecule has 0 unspecified atom stereocenters. The van der Waals surface area contributed by atoms with Crippen LogP contribution in [-0.2, 0) is 4.79 Å². The fraction of sp³-hybridized carbons (Fsp3) is 0.417. The van der Waals surface area contributed by atoms with Gasteiger partial charge in [-0.3, -0.25) is 14.9 Å². The van der Waals surface area contributed by atoms with E-state index in [-0.39, 0.29) is 11.8 Å². The quantitative estimate of drug-likeness (QED) is 0.744. The largest absolute Gasteiger partial charge is 0.338 e. The summed E-state index contributed by atoms with van der Waals surface area (Å²) in [5, 5.41) is 6.80. The van der Waals surface area contributed by atoms with E-state index in [0.29, 0.717) is 30.8 Å². The third kappa shape index (κ3) is 2.12. The van der Waals surface area contributed by atoms with E-state index in [2.05, 4.69) is 26.6 Å². The van der Waals surface area contributed by atoms with Crippen molar-refractivity contribution in [1.82, 2.24) is 15.5 Å². The zero-order valence-corrected chi connectivity index (χ0v) is 12.8. The molecule has 3 heterocycles. The topological polar surface area (TPSA) is 78.5 Å². The Hall–Kier alpha value is -1.41. The summed E-state index contributed by atoms with van der Waals surface area (Å²) < 4.78 is 0.791. The number of thiophene rings is 1. The summed E-state index contributed by atoms with van der Waals surface area (Å²) in [5.74, 6) is -0.321. The number of nitrogens with zero attached hydrogens (tertiary/aromatic N) is 1. The molecule has 2 aliphatic rings. The lowest BCUT2D eigenvalue weighted by Gasteiger charge is -2.36. The Morgan fingerprint density at radius 3 is 2.55 bits per heavy atom. The summed E-state index contributed by atoms with van der Waals surface area (Å²) in [5.41, 5.74) is -0.833. The van der Waals surface area contributed by atoms with E-state index in [1.54, 1.807) is 4.90 Å². The van der Waals surface area contributed by atoms with Gasteiger partial charge < -0.3 is 10.2 Å². The molecule has 1 aromatic heterocycles. The number of hydrogen-bond acceptors (Lipinski definition) is 4. The molecule has 0 bridgehead atoms. The van der Waals surface area contributed by atoms with Crippen molar-refractivity contribution >= 4 is 45.1 Å². The van der Waals surface area contributed by atoms with Gasteiger partial charge in [0.2, 0.25) is 0 Å². The number of imide groups is 1. The van der Waals surface area contributed by atoms with Crippen LogP contribution in [0.25, 0.3) is 0 Å². The van der Waals surface area contributed by atoms with E-state index in [9.17, 15) is 14.4 Å². The summed E-state index contributed by atoms with van der Waals surface area (Å²) in [6.07, 6.45) is 0.888. The summed E-state index contributed by atoms with van der Waals surface area (Å²) in [7, 11) is 0. The highest BCUT2D eigenvalue weighted by Crippen LogP contribution is 2.29. The van der Waals surface area contributed by atoms with Gasteiger partial charge >= 0.3 is 6.03 Å². The van der Waals surface area contributed by atoms with Crippen LogP contribution in [0.15, 0.2) is 15.9 Å². The maximum atomic E-state index is 12.3. The van der Waals surface area contributed by atoms with Crippen molar-refractivity contribution in [1.29, 1.82) is 0 Å². The number of piperidine rings is 1. The number of likely N-dealkylation sites (tertiary alicyclic amines) is 1. The maximum absolute atomic E-state index is 12.3. The molecule has 0 atom stereocenters. The van der Waals surface area contributed by atoms with Gasteiger partial charge in [0.25, 0.3) is 11.8 Å². The van der Waals surface area contributed by atoms with E-state index in [1.807, 2.05) is 11.4 Å².